The van der Waals surface area contributed by atoms with Gasteiger partial charge in [-0.25, -0.2) is 0 Å². The van der Waals surface area contributed by atoms with E-state index in [4.69, 9.17) is 16.7 Å². The van der Waals surface area contributed by atoms with Crippen LogP contribution in [0.1, 0.15) is 20.3 Å². The first-order valence-electron chi connectivity index (χ1n) is 7.16. The van der Waals surface area contributed by atoms with Crippen LogP contribution in [0.5, 0.6) is 0 Å². The summed E-state index contributed by atoms with van der Waals surface area (Å²) < 4.78 is 2.05. The molecule has 5 heteroatoms. The van der Waals surface area contributed by atoms with Crippen LogP contribution in [-0.2, 0) is 11.3 Å². The Labute approximate surface area is 129 Å². The number of aliphatic hydroxyl groups excluding tert-OH is 1. The van der Waals surface area contributed by atoms with Crippen molar-refractivity contribution in [3.63, 3.8) is 0 Å². The van der Waals surface area contributed by atoms with Crippen molar-refractivity contribution in [3.05, 3.63) is 35.5 Å². The van der Waals surface area contributed by atoms with Gasteiger partial charge in [0, 0.05) is 47.7 Å². The minimum atomic E-state index is -0.0253. The van der Waals surface area contributed by atoms with Crippen molar-refractivity contribution in [2.24, 2.45) is 5.92 Å². The molecular formula is C16H21ClN2O2. The van der Waals surface area contributed by atoms with E-state index in [1.54, 1.807) is 0 Å². The van der Waals surface area contributed by atoms with E-state index >= 15 is 0 Å². The van der Waals surface area contributed by atoms with Gasteiger partial charge < -0.3 is 15.0 Å². The van der Waals surface area contributed by atoms with E-state index in [2.05, 4.69) is 5.32 Å². The molecule has 0 fully saturated rings. The summed E-state index contributed by atoms with van der Waals surface area (Å²) in [6.45, 7) is 4.52. The molecule has 1 aromatic carbocycles. The number of nitrogens with one attached hydrogen (secondary N) is 1. The Kier molecular flexibility index (Phi) is 5.26. The number of aryl methyl sites for hydroxylation is 1. The molecule has 1 amide bonds. The number of aliphatic hydroxyl groups is 1. The summed E-state index contributed by atoms with van der Waals surface area (Å²) in [6.07, 6.45) is 2.38. The molecule has 0 aliphatic heterocycles. The van der Waals surface area contributed by atoms with Gasteiger partial charge in [0.15, 0.2) is 0 Å². The quantitative estimate of drug-likeness (QED) is 0.862. The Balaban J connectivity index is 1.94. The van der Waals surface area contributed by atoms with Crippen LogP contribution in [0, 0.1) is 5.92 Å². The Morgan fingerprint density at radius 1 is 1.38 bits per heavy atom. The molecule has 2 rings (SSSR count). The third-order valence-corrected chi connectivity index (χ3v) is 4.08. The fourth-order valence-electron chi connectivity index (χ4n) is 2.21. The van der Waals surface area contributed by atoms with Crippen LogP contribution in [-0.4, -0.2) is 28.2 Å². The number of fused-ring (bicyclic) bond motifs is 1. The van der Waals surface area contributed by atoms with Crippen molar-refractivity contribution in [1.82, 2.24) is 9.88 Å². The summed E-state index contributed by atoms with van der Waals surface area (Å²) in [4.78, 5) is 11.9. The first kappa shape index (κ1) is 15.9. The van der Waals surface area contributed by atoms with Gasteiger partial charge in [0.05, 0.1) is 0 Å². The summed E-state index contributed by atoms with van der Waals surface area (Å²) in [7, 11) is 0. The van der Waals surface area contributed by atoms with Gasteiger partial charge in [-0.05, 0) is 37.1 Å². The first-order chi connectivity index (χ1) is 10.0. The van der Waals surface area contributed by atoms with Gasteiger partial charge in [-0.3, -0.25) is 4.79 Å². The molecule has 2 atom stereocenters. The molecule has 0 saturated heterocycles. The lowest BCUT2D eigenvalue weighted by Crippen LogP contribution is -2.38. The second-order valence-electron chi connectivity index (χ2n) is 5.48. The molecule has 21 heavy (non-hydrogen) atoms. The molecule has 0 saturated carbocycles. The van der Waals surface area contributed by atoms with Gasteiger partial charge >= 0.3 is 0 Å². The van der Waals surface area contributed by atoms with Gasteiger partial charge in [0.2, 0.25) is 5.91 Å². The van der Waals surface area contributed by atoms with Gasteiger partial charge in [-0.2, -0.15) is 0 Å². The molecule has 1 heterocycles. The lowest BCUT2D eigenvalue weighted by Gasteiger charge is -2.19. The number of carbonyl (C=O) groups excluding carboxylic acids is 1. The topological polar surface area (TPSA) is 54.3 Å². The SMILES string of the molecule is CC(CO)C(C)NC(=O)CCn1ccc2cc(Cl)ccc21. The molecule has 114 valence electrons. The van der Waals surface area contributed by atoms with Crippen LogP contribution in [0.2, 0.25) is 5.02 Å². The molecule has 2 unspecified atom stereocenters. The van der Waals surface area contributed by atoms with Gasteiger partial charge in [0.25, 0.3) is 0 Å². The van der Waals surface area contributed by atoms with Crippen LogP contribution >= 0.6 is 11.6 Å². The molecule has 4 nitrogen and oxygen atoms in total. The summed E-state index contributed by atoms with van der Waals surface area (Å²) in [5.74, 6) is 0.0575. The highest BCUT2D eigenvalue weighted by Crippen LogP contribution is 2.20. The summed E-state index contributed by atoms with van der Waals surface area (Å²) in [5.41, 5.74) is 1.07. The second kappa shape index (κ2) is 6.96. The van der Waals surface area contributed by atoms with Crippen molar-refractivity contribution in [1.29, 1.82) is 0 Å². The van der Waals surface area contributed by atoms with Gasteiger partial charge in [-0.15, -0.1) is 0 Å². The van der Waals surface area contributed by atoms with E-state index in [1.807, 2.05) is 48.9 Å². The monoisotopic (exact) mass is 308 g/mol. The van der Waals surface area contributed by atoms with E-state index in [-0.39, 0.29) is 24.5 Å². The third-order valence-electron chi connectivity index (χ3n) is 3.84. The first-order valence-corrected chi connectivity index (χ1v) is 7.53. The number of aromatic nitrogens is 1. The van der Waals surface area contributed by atoms with Crippen molar-refractivity contribution in [2.45, 2.75) is 32.9 Å². The summed E-state index contributed by atoms with van der Waals surface area (Å²) in [5, 5.41) is 13.8. The minimum absolute atomic E-state index is 0.00128. The molecule has 0 bridgehead atoms. The molecule has 0 radical (unpaired) electrons. The molecular weight excluding hydrogens is 288 g/mol. The molecule has 0 spiro atoms. The van der Waals surface area contributed by atoms with E-state index in [1.165, 1.54) is 0 Å². The number of halogens is 1. The lowest BCUT2D eigenvalue weighted by molar-refractivity contribution is -0.122. The second-order valence-corrected chi connectivity index (χ2v) is 5.91. The maximum atomic E-state index is 11.9. The lowest BCUT2D eigenvalue weighted by atomic mass is 10.1. The normalized spacial score (nSPS) is 14.1. The Morgan fingerprint density at radius 2 is 2.14 bits per heavy atom. The van der Waals surface area contributed by atoms with Crippen molar-refractivity contribution >= 4 is 28.4 Å². The molecule has 0 aliphatic carbocycles. The number of carbonyl (C=O) groups is 1. The van der Waals surface area contributed by atoms with Crippen LogP contribution in [0.15, 0.2) is 30.5 Å². The van der Waals surface area contributed by atoms with Gasteiger partial charge in [0.1, 0.15) is 0 Å². The standard InChI is InChI=1S/C16H21ClN2O2/c1-11(10-20)12(2)18-16(21)6-8-19-7-5-13-9-14(17)3-4-15(13)19/h3-5,7,9,11-12,20H,6,8,10H2,1-2H3,(H,18,21). The molecule has 1 aromatic heterocycles. The van der Waals surface area contributed by atoms with E-state index in [0.717, 1.165) is 10.9 Å². The van der Waals surface area contributed by atoms with Gasteiger partial charge in [-0.1, -0.05) is 18.5 Å². The number of hydrogen-bond acceptors (Lipinski definition) is 2. The van der Waals surface area contributed by atoms with E-state index < -0.39 is 0 Å². The van der Waals surface area contributed by atoms with Crippen LogP contribution in [0.25, 0.3) is 10.9 Å². The Hall–Kier alpha value is -1.52. The molecule has 2 N–H and O–H groups in total. The highest BCUT2D eigenvalue weighted by molar-refractivity contribution is 6.31. The fourth-order valence-corrected chi connectivity index (χ4v) is 2.40. The van der Waals surface area contributed by atoms with Crippen LogP contribution in [0.4, 0.5) is 0 Å². The number of nitrogens with zero attached hydrogens (tertiary/aromatic N) is 1. The number of rotatable bonds is 6. The number of hydrogen-bond donors (Lipinski definition) is 2. The Morgan fingerprint density at radius 3 is 2.86 bits per heavy atom. The van der Waals surface area contributed by atoms with Crippen LogP contribution < -0.4 is 5.32 Å². The zero-order valence-corrected chi connectivity index (χ0v) is 13.1. The van der Waals surface area contributed by atoms with Crippen LogP contribution in [0.3, 0.4) is 0 Å². The zero-order valence-electron chi connectivity index (χ0n) is 12.3. The highest BCUT2D eigenvalue weighted by atomic mass is 35.5. The van der Waals surface area contributed by atoms with Crippen molar-refractivity contribution < 1.29 is 9.90 Å². The summed E-state index contributed by atoms with van der Waals surface area (Å²) >= 11 is 5.96. The largest absolute Gasteiger partial charge is 0.396 e. The molecule has 2 aromatic rings. The predicted octanol–water partition coefficient (Wildman–Crippen LogP) is 2.82. The minimum Gasteiger partial charge on any atom is -0.396 e. The van der Waals surface area contributed by atoms with Crippen molar-refractivity contribution in [3.8, 4) is 0 Å². The highest BCUT2D eigenvalue weighted by Gasteiger charge is 2.13. The number of benzene rings is 1. The Bertz CT molecular complexity index is 624. The zero-order chi connectivity index (χ0) is 15.4. The maximum Gasteiger partial charge on any atom is 0.222 e. The third kappa shape index (κ3) is 3.99. The van der Waals surface area contributed by atoms with E-state index in [0.29, 0.717) is 18.0 Å². The number of amides is 1. The smallest absolute Gasteiger partial charge is 0.222 e. The average molecular weight is 309 g/mol. The molecule has 0 aliphatic rings. The fraction of sp³-hybridized carbons (Fsp3) is 0.438. The predicted molar refractivity (Wildman–Crippen MR) is 85.4 cm³/mol. The van der Waals surface area contributed by atoms with E-state index in [9.17, 15) is 4.79 Å². The average Bonchev–Trinajstić information content (AvgIpc) is 2.86. The van der Waals surface area contributed by atoms with Crippen molar-refractivity contribution in [2.75, 3.05) is 6.61 Å². The maximum absolute atomic E-state index is 11.9. The summed E-state index contributed by atoms with van der Waals surface area (Å²) in [6, 6.07) is 7.70.